The number of aliphatic hydroxyl groups excluding tert-OH is 1. The second-order valence-electron chi connectivity index (χ2n) is 6.86. The first-order chi connectivity index (χ1) is 13.0. The molecule has 0 aliphatic heterocycles. The van der Waals surface area contributed by atoms with Gasteiger partial charge < -0.3 is 14.6 Å². The van der Waals surface area contributed by atoms with Gasteiger partial charge in [0.25, 0.3) is 0 Å². The number of rotatable bonds is 17. The van der Waals surface area contributed by atoms with E-state index in [0.717, 1.165) is 51.0 Å². The Morgan fingerprint density at radius 2 is 1.37 bits per heavy atom. The maximum absolute atomic E-state index is 11.5. The first-order valence-corrected chi connectivity index (χ1v) is 10.4. The van der Waals surface area contributed by atoms with Gasteiger partial charge in [-0.25, -0.2) is 4.79 Å². The first-order valence-electron chi connectivity index (χ1n) is 10.4. The van der Waals surface area contributed by atoms with Crippen molar-refractivity contribution >= 4 is 11.9 Å². The summed E-state index contributed by atoms with van der Waals surface area (Å²) < 4.78 is 9.86. The normalized spacial score (nSPS) is 11.6. The second-order valence-corrected chi connectivity index (χ2v) is 6.86. The van der Waals surface area contributed by atoms with Gasteiger partial charge in [0, 0.05) is 25.3 Å². The summed E-state index contributed by atoms with van der Waals surface area (Å²) in [7, 11) is 1.40. The first kappa shape index (κ1) is 25.2. The largest absolute Gasteiger partial charge is 0.509 e. The molecule has 27 heavy (non-hydrogen) atoms. The average molecular weight is 383 g/mol. The van der Waals surface area contributed by atoms with Crippen LogP contribution in [0.3, 0.4) is 0 Å². The van der Waals surface area contributed by atoms with E-state index in [9.17, 15) is 14.7 Å². The Bertz CT molecular complexity index is 454. The summed E-state index contributed by atoms with van der Waals surface area (Å²) in [5, 5.41) is 10.3. The monoisotopic (exact) mass is 382 g/mol. The molecule has 5 heteroatoms. The van der Waals surface area contributed by atoms with Crippen molar-refractivity contribution in [3.05, 3.63) is 24.2 Å². The van der Waals surface area contributed by atoms with Gasteiger partial charge in [-0.05, 0) is 19.3 Å². The molecule has 0 bridgehead atoms. The number of esters is 2. The summed E-state index contributed by atoms with van der Waals surface area (Å²) in [6.45, 7) is 5.60. The van der Waals surface area contributed by atoms with Gasteiger partial charge in [-0.3, -0.25) is 4.79 Å². The zero-order chi connectivity index (χ0) is 20.3. The minimum Gasteiger partial charge on any atom is -0.509 e. The van der Waals surface area contributed by atoms with E-state index >= 15 is 0 Å². The van der Waals surface area contributed by atoms with Gasteiger partial charge in [0.1, 0.15) is 11.5 Å². The summed E-state index contributed by atoms with van der Waals surface area (Å²) >= 11 is 0. The van der Waals surface area contributed by atoms with Gasteiger partial charge in [-0.2, -0.15) is 0 Å². The van der Waals surface area contributed by atoms with Gasteiger partial charge in [0.15, 0.2) is 0 Å². The molecule has 0 aliphatic carbocycles. The SMILES string of the molecule is C=CC(=O)O/C(CCCCCCCC(=O)OC)=C(\O)CCCCCCCC. The number of carbonyl (C=O) groups is 2. The molecule has 0 amide bonds. The number of ether oxygens (including phenoxy) is 2. The Kier molecular flexibility index (Phi) is 16.5. The highest BCUT2D eigenvalue weighted by Crippen LogP contribution is 2.20. The third-order valence-corrected chi connectivity index (χ3v) is 4.49. The van der Waals surface area contributed by atoms with Crippen LogP contribution < -0.4 is 0 Å². The molecule has 0 saturated heterocycles. The topological polar surface area (TPSA) is 72.8 Å². The Balaban J connectivity index is 4.19. The van der Waals surface area contributed by atoms with E-state index in [0.29, 0.717) is 25.0 Å². The highest BCUT2D eigenvalue weighted by Gasteiger charge is 2.11. The van der Waals surface area contributed by atoms with Gasteiger partial charge in [0.2, 0.25) is 0 Å². The highest BCUT2D eigenvalue weighted by atomic mass is 16.5. The van der Waals surface area contributed by atoms with Gasteiger partial charge >= 0.3 is 11.9 Å². The van der Waals surface area contributed by atoms with E-state index in [1.807, 2.05) is 0 Å². The van der Waals surface area contributed by atoms with E-state index in [2.05, 4.69) is 18.2 Å². The third-order valence-electron chi connectivity index (χ3n) is 4.49. The number of carbonyl (C=O) groups excluding carboxylic acids is 2. The summed E-state index contributed by atoms with van der Waals surface area (Å²) in [4.78, 5) is 22.6. The lowest BCUT2D eigenvalue weighted by atomic mass is 10.1. The van der Waals surface area contributed by atoms with Crippen LogP contribution in [0.1, 0.15) is 96.8 Å². The molecule has 0 atom stereocenters. The van der Waals surface area contributed by atoms with Crippen molar-refractivity contribution in [1.29, 1.82) is 0 Å². The number of aliphatic hydroxyl groups is 1. The van der Waals surface area contributed by atoms with Crippen molar-refractivity contribution in [3.8, 4) is 0 Å². The molecule has 0 aliphatic rings. The number of hydrogen-bond acceptors (Lipinski definition) is 5. The van der Waals surface area contributed by atoms with Crippen LogP contribution >= 0.6 is 0 Å². The molecule has 0 spiro atoms. The molecule has 0 radical (unpaired) electrons. The summed E-state index contributed by atoms with van der Waals surface area (Å²) in [6, 6.07) is 0. The number of hydrogen-bond donors (Lipinski definition) is 1. The van der Waals surface area contributed by atoms with Crippen molar-refractivity contribution in [2.24, 2.45) is 0 Å². The van der Waals surface area contributed by atoms with Crippen LogP contribution in [-0.4, -0.2) is 24.2 Å². The molecule has 0 fully saturated rings. The van der Waals surface area contributed by atoms with Crippen molar-refractivity contribution in [1.82, 2.24) is 0 Å². The molecule has 0 aromatic heterocycles. The van der Waals surface area contributed by atoms with Crippen molar-refractivity contribution < 1.29 is 24.2 Å². The molecular formula is C22H38O5. The Morgan fingerprint density at radius 1 is 0.852 bits per heavy atom. The molecule has 1 N–H and O–H groups in total. The zero-order valence-corrected chi connectivity index (χ0v) is 17.3. The molecule has 0 saturated carbocycles. The lowest BCUT2D eigenvalue weighted by Crippen LogP contribution is -2.04. The lowest BCUT2D eigenvalue weighted by Gasteiger charge is -2.11. The van der Waals surface area contributed by atoms with Crippen LogP contribution in [0.4, 0.5) is 0 Å². The predicted octanol–water partition coefficient (Wildman–Crippen LogP) is 6.14. The van der Waals surface area contributed by atoms with Gasteiger partial charge in [0.05, 0.1) is 7.11 Å². The fourth-order valence-corrected chi connectivity index (χ4v) is 2.82. The van der Waals surface area contributed by atoms with E-state index in [-0.39, 0.29) is 11.7 Å². The average Bonchev–Trinajstić information content (AvgIpc) is 2.68. The minimum atomic E-state index is -0.530. The fraction of sp³-hybridized carbons (Fsp3) is 0.727. The lowest BCUT2D eigenvalue weighted by molar-refractivity contribution is -0.140. The number of methoxy groups -OCH3 is 1. The maximum atomic E-state index is 11.5. The second kappa shape index (κ2) is 17.6. The minimum absolute atomic E-state index is 0.170. The van der Waals surface area contributed by atoms with Crippen molar-refractivity contribution in [3.63, 3.8) is 0 Å². The molecule has 0 rings (SSSR count). The molecule has 156 valence electrons. The number of unbranched alkanes of at least 4 members (excludes halogenated alkanes) is 9. The van der Waals surface area contributed by atoms with E-state index in [1.54, 1.807) is 0 Å². The zero-order valence-electron chi connectivity index (χ0n) is 17.3. The van der Waals surface area contributed by atoms with Crippen LogP contribution in [-0.2, 0) is 19.1 Å². The molecule has 5 nitrogen and oxygen atoms in total. The maximum Gasteiger partial charge on any atom is 0.335 e. The summed E-state index contributed by atoms with van der Waals surface area (Å²) in [5.41, 5.74) is 0. The van der Waals surface area contributed by atoms with Crippen LogP contribution in [0.15, 0.2) is 24.2 Å². The number of allylic oxidation sites excluding steroid dienone is 2. The van der Waals surface area contributed by atoms with Crippen LogP contribution in [0.25, 0.3) is 0 Å². The highest BCUT2D eigenvalue weighted by molar-refractivity contribution is 5.82. The fourth-order valence-electron chi connectivity index (χ4n) is 2.82. The Morgan fingerprint density at radius 3 is 1.93 bits per heavy atom. The Labute approximate surface area is 164 Å². The molecule has 0 aromatic rings. The van der Waals surface area contributed by atoms with Crippen LogP contribution in [0.2, 0.25) is 0 Å². The van der Waals surface area contributed by atoms with Gasteiger partial charge in [-0.1, -0.05) is 64.9 Å². The van der Waals surface area contributed by atoms with Gasteiger partial charge in [-0.15, -0.1) is 0 Å². The quantitative estimate of drug-likeness (QED) is 0.142. The summed E-state index contributed by atoms with van der Waals surface area (Å²) in [5.74, 6) is -0.136. The smallest absolute Gasteiger partial charge is 0.335 e. The predicted molar refractivity (Wildman–Crippen MR) is 108 cm³/mol. The van der Waals surface area contributed by atoms with Crippen LogP contribution in [0.5, 0.6) is 0 Å². The standard InChI is InChI=1S/C22H38O5/c1-4-6-7-8-10-13-16-19(23)20(27-21(24)5-2)17-14-11-9-12-15-18-22(25)26-3/h5,23H,2,4,6-18H2,1,3H3/b20-19-. The summed E-state index contributed by atoms with van der Waals surface area (Å²) in [6.07, 6.45) is 14.1. The third kappa shape index (κ3) is 15.0. The molecule has 0 heterocycles. The molecule has 0 aromatic carbocycles. The van der Waals surface area contributed by atoms with Crippen molar-refractivity contribution in [2.45, 2.75) is 96.8 Å². The van der Waals surface area contributed by atoms with E-state index < -0.39 is 5.97 Å². The van der Waals surface area contributed by atoms with Crippen molar-refractivity contribution in [2.75, 3.05) is 7.11 Å². The van der Waals surface area contributed by atoms with E-state index in [1.165, 1.54) is 32.8 Å². The Hall–Kier alpha value is -1.78. The molecule has 0 unspecified atom stereocenters. The van der Waals surface area contributed by atoms with E-state index in [4.69, 9.17) is 4.74 Å². The molecular weight excluding hydrogens is 344 g/mol. The van der Waals surface area contributed by atoms with Crippen LogP contribution in [0, 0.1) is 0 Å².